The molecule has 0 saturated carbocycles. The van der Waals surface area contributed by atoms with E-state index in [0.717, 1.165) is 47.3 Å². The Hall–Kier alpha value is -2.43. The number of Topliss-reactive ketones (excluding diaryl/α,β-unsaturated/α-hetero) is 1. The van der Waals surface area contributed by atoms with Gasteiger partial charge in [-0.15, -0.1) is 0 Å². The maximum Gasteiger partial charge on any atom is 0.224 e. The quantitative estimate of drug-likeness (QED) is 0.860. The van der Waals surface area contributed by atoms with Crippen molar-refractivity contribution < 1.29 is 14.0 Å². The van der Waals surface area contributed by atoms with Gasteiger partial charge in [0.1, 0.15) is 5.82 Å². The molecule has 4 nitrogen and oxygen atoms in total. The molecule has 0 saturated heterocycles. The average molecular weight is 356 g/mol. The lowest BCUT2D eigenvalue weighted by Crippen LogP contribution is -2.26. The molecule has 0 spiro atoms. The first-order chi connectivity index (χ1) is 12.5. The fourth-order valence-electron chi connectivity index (χ4n) is 3.68. The van der Waals surface area contributed by atoms with Crippen LogP contribution in [0, 0.1) is 12.7 Å². The van der Waals surface area contributed by atoms with Crippen molar-refractivity contribution in [3.8, 4) is 0 Å². The van der Waals surface area contributed by atoms with Gasteiger partial charge in [0.15, 0.2) is 5.78 Å². The summed E-state index contributed by atoms with van der Waals surface area (Å²) in [6.07, 6.45) is 3.32. The van der Waals surface area contributed by atoms with Crippen molar-refractivity contribution in [1.29, 1.82) is 0 Å². The summed E-state index contributed by atoms with van der Waals surface area (Å²) >= 11 is 0. The fourth-order valence-corrected chi connectivity index (χ4v) is 3.68. The second-order valence-electron chi connectivity index (χ2n) is 6.90. The smallest absolute Gasteiger partial charge is 0.224 e. The first kappa shape index (κ1) is 18.4. The van der Waals surface area contributed by atoms with E-state index >= 15 is 0 Å². The second kappa shape index (κ2) is 7.85. The normalized spacial score (nSPS) is 13.6. The predicted molar refractivity (Wildman–Crippen MR) is 98.9 cm³/mol. The van der Waals surface area contributed by atoms with E-state index in [2.05, 4.69) is 9.88 Å². The first-order valence-corrected chi connectivity index (χ1v) is 9.26. The molecule has 0 fully saturated rings. The number of carbonyl (C=O) groups is 2. The van der Waals surface area contributed by atoms with Crippen LogP contribution in [0.3, 0.4) is 0 Å². The first-order valence-electron chi connectivity index (χ1n) is 9.26. The zero-order chi connectivity index (χ0) is 18.7. The molecule has 138 valence electrons. The number of hydrogen-bond donors (Lipinski definition) is 1. The minimum Gasteiger partial charge on any atom is -0.356 e. The molecule has 3 rings (SSSR count). The summed E-state index contributed by atoms with van der Waals surface area (Å²) in [6, 6.07) is 6.43. The maximum atomic E-state index is 13.2. The number of hydrogen-bond acceptors (Lipinski definition) is 2. The molecule has 1 heterocycles. The molecule has 2 aromatic rings. The number of halogens is 1. The highest BCUT2D eigenvalue weighted by Gasteiger charge is 2.28. The Bertz CT molecular complexity index is 822. The van der Waals surface area contributed by atoms with Gasteiger partial charge in [0.2, 0.25) is 5.91 Å². The van der Waals surface area contributed by atoms with Crippen LogP contribution in [0.15, 0.2) is 24.3 Å². The number of amides is 1. The third-order valence-electron chi connectivity index (χ3n) is 5.02. The number of carbonyl (C=O) groups excluding carboxylic acids is 2. The van der Waals surface area contributed by atoms with Crippen LogP contribution >= 0.6 is 0 Å². The Labute approximate surface area is 153 Å². The van der Waals surface area contributed by atoms with E-state index in [1.54, 1.807) is 12.1 Å². The second-order valence-corrected chi connectivity index (χ2v) is 6.90. The van der Waals surface area contributed by atoms with Crippen LogP contribution in [0.5, 0.6) is 0 Å². The van der Waals surface area contributed by atoms with Crippen LogP contribution in [-0.4, -0.2) is 22.8 Å². The molecule has 5 heteroatoms. The van der Waals surface area contributed by atoms with E-state index in [9.17, 15) is 14.0 Å². The van der Waals surface area contributed by atoms with Gasteiger partial charge in [0, 0.05) is 36.5 Å². The van der Waals surface area contributed by atoms with Crippen LogP contribution in [0.25, 0.3) is 0 Å². The maximum absolute atomic E-state index is 13.2. The number of nitrogens with one attached hydrogen (secondary N) is 1. The molecule has 26 heavy (non-hydrogen) atoms. The van der Waals surface area contributed by atoms with Crippen molar-refractivity contribution in [2.75, 3.05) is 6.54 Å². The van der Waals surface area contributed by atoms with Gasteiger partial charge in [-0.2, -0.15) is 0 Å². The molecular weight excluding hydrogens is 331 g/mol. The molecule has 1 amide bonds. The highest BCUT2D eigenvalue weighted by atomic mass is 19.1. The van der Waals surface area contributed by atoms with Gasteiger partial charge in [0.05, 0.1) is 6.42 Å². The third-order valence-corrected chi connectivity index (χ3v) is 5.02. The largest absolute Gasteiger partial charge is 0.356 e. The summed E-state index contributed by atoms with van der Waals surface area (Å²) in [5, 5.41) is 2.89. The molecule has 0 unspecified atom stereocenters. The number of rotatable bonds is 6. The zero-order valence-electron chi connectivity index (χ0n) is 15.4. The highest BCUT2D eigenvalue weighted by Crippen LogP contribution is 2.31. The van der Waals surface area contributed by atoms with Crippen molar-refractivity contribution in [3.63, 3.8) is 0 Å². The Kier molecular flexibility index (Phi) is 5.55. The predicted octanol–water partition coefficient (Wildman–Crippen LogP) is 3.57. The number of aromatic nitrogens is 1. The molecule has 0 radical (unpaired) electrons. The van der Waals surface area contributed by atoms with Crippen molar-refractivity contribution >= 4 is 11.7 Å². The number of fused-ring (bicyclic) bond motifs is 1. The van der Waals surface area contributed by atoms with Crippen molar-refractivity contribution in [3.05, 3.63) is 58.2 Å². The third kappa shape index (κ3) is 3.71. The summed E-state index contributed by atoms with van der Waals surface area (Å²) in [6.45, 7) is 5.20. The number of benzene rings is 1. The van der Waals surface area contributed by atoms with E-state index in [1.807, 2.05) is 13.8 Å². The van der Waals surface area contributed by atoms with Gasteiger partial charge in [0.25, 0.3) is 0 Å². The van der Waals surface area contributed by atoms with Gasteiger partial charge in [-0.05, 0) is 49.4 Å². The molecule has 0 bridgehead atoms. The van der Waals surface area contributed by atoms with Crippen LogP contribution in [-0.2, 0) is 24.2 Å². The topological polar surface area (TPSA) is 51.1 Å². The number of nitrogens with zero attached hydrogens (tertiary/aromatic N) is 1. The molecule has 1 aromatic carbocycles. The fraction of sp³-hybridized carbons (Fsp3) is 0.429. The molecule has 1 aliphatic carbocycles. The van der Waals surface area contributed by atoms with Crippen molar-refractivity contribution in [2.45, 2.75) is 52.5 Å². The number of ketones is 1. The molecule has 1 N–H and O–H groups in total. The Balaban J connectivity index is 1.96. The minimum absolute atomic E-state index is 0.0462. The Morgan fingerprint density at radius 2 is 1.96 bits per heavy atom. The van der Waals surface area contributed by atoms with Crippen molar-refractivity contribution in [1.82, 2.24) is 9.88 Å². The summed E-state index contributed by atoms with van der Waals surface area (Å²) in [4.78, 5) is 24.8. The van der Waals surface area contributed by atoms with Crippen molar-refractivity contribution in [2.24, 2.45) is 0 Å². The Morgan fingerprint density at radius 3 is 2.65 bits per heavy atom. The average Bonchev–Trinajstić information content (AvgIpc) is 2.88. The lowest BCUT2D eigenvalue weighted by molar-refractivity contribution is -0.120. The summed E-state index contributed by atoms with van der Waals surface area (Å²) in [7, 11) is 0. The van der Waals surface area contributed by atoms with Gasteiger partial charge < -0.3 is 9.88 Å². The molecule has 1 aliphatic rings. The molecule has 0 atom stereocenters. The summed E-state index contributed by atoms with van der Waals surface area (Å²) in [5.41, 5.74) is 4.54. The highest BCUT2D eigenvalue weighted by molar-refractivity contribution is 6.01. The molecular formula is C21H25FN2O2. The van der Waals surface area contributed by atoms with Crippen LogP contribution < -0.4 is 5.32 Å². The summed E-state index contributed by atoms with van der Waals surface area (Å²) in [5.74, 6) is -0.177. The van der Waals surface area contributed by atoms with E-state index < -0.39 is 0 Å². The zero-order valence-corrected chi connectivity index (χ0v) is 15.4. The van der Waals surface area contributed by atoms with Gasteiger partial charge in [-0.25, -0.2) is 4.39 Å². The van der Waals surface area contributed by atoms with E-state index in [4.69, 9.17) is 0 Å². The van der Waals surface area contributed by atoms with Gasteiger partial charge >= 0.3 is 0 Å². The monoisotopic (exact) mass is 356 g/mol. The molecule has 1 aromatic heterocycles. The Morgan fingerprint density at radius 1 is 1.23 bits per heavy atom. The van der Waals surface area contributed by atoms with E-state index in [0.29, 0.717) is 19.5 Å². The SMILES string of the molecule is CCCNC(=O)Cc1c2c(n(Cc3ccc(F)cc3)c1C)CCCC2=O. The van der Waals surface area contributed by atoms with Gasteiger partial charge in [-0.1, -0.05) is 19.1 Å². The van der Waals surface area contributed by atoms with Gasteiger partial charge in [-0.3, -0.25) is 9.59 Å². The van der Waals surface area contributed by atoms with E-state index in [-0.39, 0.29) is 23.9 Å². The molecule has 0 aliphatic heterocycles. The summed E-state index contributed by atoms with van der Waals surface area (Å²) < 4.78 is 15.3. The van der Waals surface area contributed by atoms with Crippen LogP contribution in [0.1, 0.15) is 59.1 Å². The van der Waals surface area contributed by atoms with E-state index in [1.165, 1.54) is 12.1 Å². The van der Waals surface area contributed by atoms with Crippen LogP contribution in [0.2, 0.25) is 0 Å². The van der Waals surface area contributed by atoms with Crippen LogP contribution in [0.4, 0.5) is 4.39 Å². The lowest BCUT2D eigenvalue weighted by atomic mass is 9.92. The minimum atomic E-state index is -0.261. The standard InChI is InChI=1S/C21H25FN2O2/c1-3-11-23-20(26)12-17-14(2)24(13-15-7-9-16(22)10-8-15)18-5-4-6-19(25)21(17)18/h7-10H,3-6,11-13H2,1-2H3,(H,23,26). The lowest BCUT2D eigenvalue weighted by Gasteiger charge is -2.16.